The summed E-state index contributed by atoms with van der Waals surface area (Å²) < 4.78 is 11.6. The maximum atomic E-state index is 11.8. The second-order valence-corrected chi connectivity index (χ2v) is 5.82. The zero-order chi connectivity index (χ0) is 14.5. The summed E-state index contributed by atoms with van der Waals surface area (Å²) in [5, 5.41) is 0. The lowest BCUT2D eigenvalue weighted by atomic mass is 9.67. The van der Waals surface area contributed by atoms with Crippen molar-refractivity contribution in [3.63, 3.8) is 0 Å². The summed E-state index contributed by atoms with van der Waals surface area (Å²) in [7, 11) is 0. The Labute approximate surface area is 123 Å². The fraction of sp³-hybridized carbons (Fsp3) is 0.278. The second kappa shape index (κ2) is 4.18. The maximum Gasteiger partial charge on any atom is 0.308 e. The Morgan fingerprint density at radius 3 is 1.95 bits per heavy atom. The number of benzene rings is 2. The van der Waals surface area contributed by atoms with Crippen molar-refractivity contribution >= 4 is 5.97 Å². The highest BCUT2D eigenvalue weighted by Crippen LogP contribution is 2.61. The van der Waals surface area contributed by atoms with E-state index < -0.39 is 11.4 Å². The highest BCUT2D eigenvalue weighted by molar-refractivity contribution is 5.74. The van der Waals surface area contributed by atoms with Crippen LogP contribution >= 0.6 is 0 Å². The number of fused-ring (bicyclic) bond motifs is 1. The summed E-state index contributed by atoms with van der Waals surface area (Å²) in [4.78, 5) is 11.8. The van der Waals surface area contributed by atoms with Gasteiger partial charge in [0.15, 0.2) is 0 Å². The van der Waals surface area contributed by atoms with Crippen molar-refractivity contribution in [2.75, 3.05) is 0 Å². The molecule has 0 bridgehead atoms. The minimum atomic E-state index is -0.803. The smallest absolute Gasteiger partial charge is 0.308 e. The number of esters is 1. The van der Waals surface area contributed by atoms with Gasteiger partial charge in [-0.1, -0.05) is 60.7 Å². The van der Waals surface area contributed by atoms with Crippen LogP contribution in [0.3, 0.4) is 0 Å². The van der Waals surface area contributed by atoms with E-state index in [4.69, 9.17) is 9.47 Å². The first-order valence-corrected chi connectivity index (χ1v) is 7.18. The Morgan fingerprint density at radius 1 is 0.952 bits per heavy atom. The lowest BCUT2D eigenvalue weighted by Crippen LogP contribution is -2.63. The number of hydrogen-bond acceptors (Lipinski definition) is 3. The molecule has 2 aliphatic rings. The molecule has 2 heterocycles. The molecule has 0 saturated carbocycles. The van der Waals surface area contributed by atoms with Crippen LogP contribution < -0.4 is 0 Å². The van der Waals surface area contributed by atoms with Gasteiger partial charge >= 0.3 is 5.97 Å². The highest BCUT2D eigenvalue weighted by Gasteiger charge is 2.70. The standard InChI is InChI=1S/C18H16O3/c1-17-15(12-16(19)20-17)18(21-17,13-8-4-2-5-9-13)14-10-6-3-7-11-14/h2-11,15H,12H2,1H3. The first kappa shape index (κ1) is 12.6. The van der Waals surface area contributed by atoms with Gasteiger partial charge in [0.1, 0.15) is 5.60 Å². The van der Waals surface area contributed by atoms with Gasteiger partial charge in [-0.15, -0.1) is 0 Å². The minimum absolute atomic E-state index is 0.00213. The number of carbonyl (C=O) groups is 1. The molecule has 0 amide bonds. The molecule has 0 spiro atoms. The van der Waals surface area contributed by atoms with Gasteiger partial charge in [0, 0.05) is 6.92 Å². The van der Waals surface area contributed by atoms with Crippen LogP contribution in [0.1, 0.15) is 24.5 Å². The SMILES string of the molecule is CC12OC(=O)CC1C(c1ccccc1)(c1ccccc1)O2. The summed E-state index contributed by atoms with van der Waals surface area (Å²) >= 11 is 0. The fourth-order valence-corrected chi connectivity index (χ4v) is 3.69. The quantitative estimate of drug-likeness (QED) is 0.792. The van der Waals surface area contributed by atoms with Crippen molar-refractivity contribution in [3.8, 4) is 0 Å². The molecule has 0 aliphatic carbocycles. The molecular weight excluding hydrogens is 264 g/mol. The third-order valence-electron chi connectivity index (χ3n) is 4.58. The van der Waals surface area contributed by atoms with Gasteiger partial charge in [-0.05, 0) is 11.1 Å². The second-order valence-electron chi connectivity index (χ2n) is 5.82. The summed E-state index contributed by atoms with van der Waals surface area (Å²) in [5.74, 6) is -0.985. The van der Waals surface area contributed by atoms with Gasteiger partial charge in [0.25, 0.3) is 0 Å². The van der Waals surface area contributed by atoms with Crippen LogP contribution in [-0.2, 0) is 19.9 Å². The molecule has 2 unspecified atom stereocenters. The predicted molar refractivity (Wildman–Crippen MR) is 77.4 cm³/mol. The van der Waals surface area contributed by atoms with E-state index in [1.807, 2.05) is 43.3 Å². The normalized spacial score (nSPS) is 29.4. The third kappa shape index (κ3) is 1.61. The maximum absolute atomic E-state index is 11.8. The first-order valence-electron chi connectivity index (χ1n) is 7.18. The van der Waals surface area contributed by atoms with Crippen LogP contribution in [0.25, 0.3) is 0 Å². The van der Waals surface area contributed by atoms with Crippen LogP contribution in [0.5, 0.6) is 0 Å². The van der Waals surface area contributed by atoms with Gasteiger partial charge in [-0.2, -0.15) is 0 Å². The molecular formula is C18H16O3. The van der Waals surface area contributed by atoms with Gasteiger partial charge in [-0.3, -0.25) is 4.79 Å². The van der Waals surface area contributed by atoms with Crippen molar-refractivity contribution in [3.05, 3.63) is 71.8 Å². The lowest BCUT2D eigenvalue weighted by Gasteiger charge is -2.56. The van der Waals surface area contributed by atoms with E-state index >= 15 is 0 Å². The largest absolute Gasteiger partial charge is 0.433 e. The predicted octanol–water partition coefficient (Wildman–Crippen LogP) is 3.24. The molecule has 2 aromatic carbocycles. The zero-order valence-electron chi connectivity index (χ0n) is 11.8. The van der Waals surface area contributed by atoms with E-state index in [2.05, 4.69) is 24.3 Å². The first-order chi connectivity index (χ1) is 10.2. The monoisotopic (exact) mass is 280 g/mol. The number of rotatable bonds is 2. The Balaban J connectivity index is 1.88. The number of ether oxygens (including phenoxy) is 2. The van der Waals surface area contributed by atoms with Crippen molar-refractivity contribution in [2.24, 2.45) is 5.92 Å². The molecule has 4 rings (SSSR count). The summed E-state index contributed by atoms with van der Waals surface area (Å²) in [6, 6.07) is 20.2. The molecule has 3 heteroatoms. The summed E-state index contributed by atoms with van der Waals surface area (Å²) in [5.41, 5.74) is 1.54. The fourth-order valence-electron chi connectivity index (χ4n) is 3.69. The van der Waals surface area contributed by atoms with Crippen molar-refractivity contribution in [2.45, 2.75) is 24.7 Å². The van der Waals surface area contributed by atoms with E-state index in [0.29, 0.717) is 6.42 Å². The topological polar surface area (TPSA) is 35.5 Å². The van der Waals surface area contributed by atoms with Crippen LogP contribution in [0.4, 0.5) is 0 Å². The average Bonchev–Trinajstić information content (AvgIpc) is 2.75. The van der Waals surface area contributed by atoms with Crippen LogP contribution in [0, 0.1) is 5.92 Å². The third-order valence-corrected chi connectivity index (χ3v) is 4.58. The molecule has 2 saturated heterocycles. The highest BCUT2D eigenvalue weighted by atomic mass is 16.8. The van der Waals surface area contributed by atoms with Gasteiger partial charge in [0.2, 0.25) is 5.79 Å². The molecule has 3 nitrogen and oxygen atoms in total. The molecule has 21 heavy (non-hydrogen) atoms. The molecule has 0 radical (unpaired) electrons. The van der Waals surface area contributed by atoms with E-state index in [1.54, 1.807) is 0 Å². The molecule has 2 fully saturated rings. The average molecular weight is 280 g/mol. The Hall–Kier alpha value is -2.13. The van der Waals surface area contributed by atoms with Crippen molar-refractivity contribution in [1.29, 1.82) is 0 Å². The number of hydrogen-bond donors (Lipinski definition) is 0. The van der Waals surface area contributed by atoms with Gasteiger partial charge < -0.3 is 9.47 Å². The van der Waals surface area contributed by atoms with Crippen LogP contribution in [0.2, 0.25) is 0 Å². The minimum Gasteiger partial charge on any atom is -0.433 e. The summed E-state index contributed by atoms with van der Waals surface area (Å²) in [6.07, 6.45) is 0.389. The lowest BCUT2D eigenvalue weighted by molar-refractivity contribution is -0.374. The Morgan fingerprint density at radius 2 is 1.48 bits per heavy atom. The molecule has 2 atom stereocenters. The van der Waals surface area contributed by atoms with E-state index in [1.165, 1.54) is 0 Å². The summed E-state index contributed by atoms with van der Waals surface area (Å²) in [6.45, 7) is 1.85. The van der Waals surface area contributed by atoms with E-state index in [-0.39, 0.29) is 11.9 Å². The molecule has 2 aliphatic heterocycles. The van der Waals surface area contributed by atoms with Crippen molar-refractivity contribution in [1.82, 2.24) is 0 Å². The van der Waals surface area contributed by atoms with Crippen LogP contribution in [-0.4, -0.2) is 11.8 Å². The van der Waals surface area contributed by atoms with E-state index in [0.717, 1.165) is 11.1 Å². The molecule has 106 valence electrons. The Kier molecular flexibility index (Phi) is 2.51. The molecule has 0 N–H and O–H groups in total. The van der Waals surface area contributed by atoms with Crippen molar-refractivity contribution < 1.29 is 14.3 Å². The molecule has 2 aromatic rings. The van der Waals surface area contributed by atoms with Crippen LogP contribution in [0.15, 0.2) is 60.7 Å². The zero-order valence-corrected chi connectivity index (χ0v) is 11.8. The van der Waals surface area contributed by atoms with Gasteiger partial charge in [-0.25, -0.2) is 0 Å². The van der Waals surface area contributed by atoms with E-state index in [9.17, 15) is 4.79 Å². The van der Waals surface area contributed by atoms with Gasteiger partial charge in [0.05, 0.1) is 12.3 Å². The molecule has 0 aromatic heterocycles. The Bertz CT molecular complexity index is 641. The number of carbonyl (C=O) groups excluding carboxylic acids is 1.